The van der Waals surface area contributed by atoms with Gasteiger partial charge in [0.05, 0.1) is 11.9 Å². The molecule has 92 valence electrons. The third-order valence-electron chi connectivity index (χ3n) is 3.21. The summed E-state index contributed by atoms with van der Waals surface area (Å²) in [6, 6.07) is 5.66. The van der Waals surface area contributed by atoms with Gasteiger partial charge < -0.3 is 5.32 Å². The van der Waals surface area contributed by atoms with Crippen LogP contribution >= 0.6 is 11.8 Å². The highest BCUT2D eigenvalue weighted by molar-refractivity contribution is 8.00. The SMILES string of the molecule is CCC(CC)(CNc1ccc(C#N)nc1)SC. The van der Waals surface area contributed by atoms with Gasteiger partial charge in [-0.1, -0.05) is 13.8 Å². The van der Waals surface area contributed by atoms with Gasteiger partial charge >= 0.3 is 0 Å². The second-order valence-corrected chi connectivity index (χ2v) is 5.27. The maximum absolute atomic E-state index is 8.67. The van der Waals surface area contributed by atoms with E-state index in [1.54, 1.807) is 12.3 Å². The van der Waals surface area contributed by atoms with E-state index in [1.165, 1.54) is 0 Å². The lowest BCUT2D eigenvalue weighted by atomic mass is 10.0. The predicted molar refractivity (Wildman–Crippen MR) is 74.3 cm³/mol. The zero-order chi connectivity index (χ0) is 12.7. The summed E-state index contributed by atoms with van der Waals surface area (Å²) in [4.78, 5) is 4.04. The summed E-state index contributed by atoms with van der Waals surface area (Å²) < 4.78 is 0.286. The summed E-state index contributed by atoms with van der Waals surface area (Å²) in [5.74, 6) is 0. The number of hydrogen-bond acceptors (Lipinski definition) is 4. The van der Waals surface area contributed by atoms with E-state index in [2.05, 4.69) is 30.4 Å². The van der Waals surface area contributed by atoms with E-state index in [-0.39, 0.29) is 4.75 Å². The Morgan fingerprint density at radius 1 is 1.41 bits per heavy atom. The Morgan fingerprint density at radius 3 is 2.53 bits per heavy atom. The van der Waals surface area contributed by atoms with Gasteiger partial charge in [0.2, 0.25) is 0 Å². The number of hydrogen-bond donors (Lipinski definition) is 1. The molecular formula is C13H19N3S. The Morgan fingerprint density at radius 2 is 2.12 bits per heavy atom. The van der Waals surface area contributed by atoms with Gasteiger partial charge in [-0.2, -0.15) is 17.0 Å². The van der Waals surface area contributed by atoms with E-state index in [9.17, 15) is 0 Å². The van der Waals surface area contributed by atoms with Crippen molar-refractivity contribution in [3.8, 4) is 6.07 Å². The third-order valence-corrected chi connectivity index (χ3v) is 4.80. The molecule has 1 heterocycles. The minimum Gasteiger partial charge on any atom is -0.382 e. The van der Waals surface area contributed by atoms with E-state index >= 15 is 0 Å². The number of rotatable bonds is 6. The fraction of sp³-hybridized carbons (Fsp3) is 0.538. The van der Waals surface area contributed by atoms with Crippen molar-refractivity contribution >= 4 is 17.4 Å². The van der Waals surface area contributed by atoms with Crippen LogP contribution in [0.3, 0.4) is 0 Å². The van der Waals surface area contributed by atoms with Gasteiger partial charge in [-0.25, -0.2) is 4.98 Å². The van der Waals surface area contributed by atoms with Crippen LogP contribution in [-0.2, 0) is 0 Å². The van der Waals surface area contributed by atoms with E-state index in [0.29, 0.717) is 5.69 Å². The fourth-order valence-electron chi connectivity index (χ4n) is 1.69. The smallest absolute Gasteiger partial charge is 0.140 e. The summed E-state index contributed by atoms with van der Waals surface area (Å²) >= 11 is 1.91. The van der Waals surface area contributed by atoms with Crippen LogP contribution in [0, 0.1) is 11.3 Å². The van der Waals surface area contributed by atoms with Gasteiger partial charge in [-0.05, 0) is 31.2 Å². The molecule has 0 saturated carbocycles. The summed E-state index contributed by atoms with van der Waals surface area (Å²) in [6.07, 6.45) is 6.16. The van der Waals surface area contributed by atoms with Gasteiger partial charge in [0, 0.05) is 11.3 Å². The Hall–Kier alpha value is -1.21. The van der Waals surface area contributed by atoms with E-state index in [0.717, 1.165) is 25.1 Å². The number of aromatic nitrogens is 1. The van der Waals surface area contributed by atoms with E-state index in [4.69, 9.17) is 5.26 Å². The number of anilines is 1. The van der Waals surface area contributed by atoms with E-state index in [1.807, 2.05) is 23.9 Å². The maximum atomic E-state index is 8.67. The van der Waals surface area contributed by atoms with Crippen LogP contribution in [0.4, 0.5) is 5.69 Å². The number of nitrogens with zero attached hydrogens (tertiary/aromatic N) is 2. The minimum absolute atomic E-state index is 0.286. The van der Waals surface area contributed by atoms with Crippen molar-refractivity contribution in [2.45, 2.75) is 31.4 Å². The second-order valence-electron chi connectivity index (χ2n) is 3.99. The molecule has 1 aromatic heterocycles. The third kappa shape index (κ3) is 3.64. The van der Waals surface area contributed by atoms with Crippen molar-refractivity contribution in [2.75, 3.05) is 18.1 Å². The lowest BCUT2D eigenvalue weighted by Crippen LogP contribution is -2.31. The Bertz CT molecular complexity index is 368. The van der Waals surface area contributed by atoms with Crippen molar-refractivity contribution in [3.63, 3.8) is 0 Å². The molecule has 0 spiro atoms. The van der Waals surface area contributed by atoms with Crippen molar-refractivity contribution in [2.24, 2.45) is 0 Å². The largest absolute Gasteiger partial charge is 0.382 e. The molecule has 0 fully saturated rings. The molecule has 0 unspecified atom stereocenters. The van der Waals surface area contributed by atoms with Gasteiger partial charge in [0.1, 0.15) is 11.8 Å². The quantitative estimate of drug-likeness (QED) is 0.840. The molecule has 0 amide bonds. The average molecular weight is 249 g/mol. The monoisotopic (exact) mass is 249 g/mol. The van der Waals surface area contributed by atoms with Crippen LogP contribution in [-0.4, -0.2) is 22.5 Å². The first-order valence-electron chi connectivity index (χ1n) is 5.85. The van der Waals surface area contributed by atoms with E-state index < -0.39 is 0 Å². The molecule has 0 aromatic carbocycles. The van der Waals surface area contributed by atoms with Crippen molar-refractivity contribution in [1.29, 1.82) is 5.26 Å². The van der Waals surface area contributed by atoms with Crippen molar-refractivity contribution in [1.82, 2.24) is 4.98 Å². The van der Waals surface area contributed by atoms with Crippen LogP contribution < -0.4 is 5.32 Å². The number of nitrogens with one attached hydrogen (secondary N) is 1. The highest BCUT2D eigenvalue weighted by atomic mass is 32.2. The molecule has 1 N–H and O–H groups in total. The van der Waals surface area contributed by atoms with Crippen molar-refractivity contribution in [3.05, 3.63) is 24.0 Å². The molecule has 17 heavy (non-hydrogen) atoms. The number of pyridine rings is 1. The zero-order valence-electron chi connectivity index (χ0n) is 10.7. The van der Waals surface area contributed by atoms with Gasteiger partial charge in [0.25, 0.3) is 0 Å². The summed E-state index contributed by atoms with van der Waals surface area (Å²) in [7, 11) is 0. The zero-order valence-corrected chi connectivity index (χ0v) is 11.5. The summed E-state index contributed by atoms with van der Waals surface area (Å²) in [6.45, 7) is 5.37. The first-order valence-corrected chi connectivity index (χ1v) is 7.07. The fourth-order valence-corrected chi connectivity index (χ4v) is 2.48. The summed E-state index contributed by atoms with van der Waals surface area (Å²) in [5, 5.41) is 12.1. The molecule has 4 heteroatoms. The van der Waals surface area contributed by atoms with Gasteiger partial charge in [-0.3, -0.25) is 0 Å². The topological polar surface area (TPSA) is 48.7 Å². The molecule has 0 atom stereocenters. The molecule has 3 nitrogen and oxygen atoms in total. The lowest BCUT2D eigenvalue weighted by molar-refractivity contribution is 0.574. The molecule has 0 saturated heterocycles. The molecular weight excluding hydrogens is 230 g/mol. The van der Waals surface area contributed by atoms with Crippen LogP contribution in [0.25, 0.3) is 0 Å². The molecule has 1 aromatic rings. The van der Waals surface area contributed by atoms with Crippen LogP contribution in [0.15, 0.2) is 18.3 Å². The minimum atomic E-state index is 0.286. The molecule has 0 radical (unpaired) electrons. The second kappa shape index (κ2) is 6.51. The standard InChI is InChI=1S/C13H19N3S/c1-4-13(5-2,17-3)10-16-12-7-6-11(8-14)15-9-12/h6-7,9,16H,4-5,10H2,1-3H3. The first-order chi connectivity index (χ1) is 8.19. The van der Waals surface area contributed by atoms with Gasteiger partial charge in [0.15, 0.2) is 0 Å². The molecule has 0 aliphatic heterocycles. The van der Waals surface area contributed by atoms with Crippen molar-refractivity contribution < 1.29 is 0 Å². The lowest BCUT2D eigenvalue weighted by Gasteiger charge is -2.30. The number of nitriles is 1. The molecule has 1 rings (SSSR count). The summed E-state index contributed by atoms with van der Waals surface area (Å²) in [5.41, 5.74) is 1.43. The van der Waals surface area contributed by atoms with Crippen LogP contribution in [0.2, 0.25) is 0 Å². The Balaban J connectivity index is 2.63. The van der Waals surface area contributed by atoms with Gasteiger partial charge in [-0.15, -0.1) is 0 Å². The Labute approximate surface area is 108 Å². The molecule has 0 aliphatic carbocycles. The Kier molecular flexibility index (Phi) is 5.30. The maximum Gasteiger partial charge on any atom is 0.140 e. The first kappa shape index (κ1) is 13.9. The highest BCUT2D eigenvalue weighted by Gasteiger charge is 2.24. The predicted octanol–water partition coefficient (Wildman–Crippen LogP) is 3.29. The normalized spacial score (nSPS) is 10.9. The van der Waals surface area contributed by atoms with Crippen LogP contribution in [0.5, 0.6) is 0 Å². The molecule has 0 bridgehead atoms. The average Bonchev–Trinajstić information content (AvgIpc) is 2.41. The number of thioether (sulfide) groups is 1. The van der Waals surface area contributed by atoms with Crippen LogP contribution in [0.1, 0.15) is 32.4 Å². The highest BCUT2D eigenvalue weighted by Crippen LogP contribution is 2.30. The molecule has 0 aliphatic rings.